The van der Waals surface area contributed by atoms with Crippen molar-refractivity contribution in [2.24, 2.45) is 0 Å². The minimum absolute atomic E-state index is 0.0948. The van der Waals surface area contributed by atoms with Crippen LogP contribution in [0.15, 0.2) is 48.8 Å². The van der Waals surface area contributed by atoms with Crippen molar-refractivity contribution in [3.05, 3.63) is 65.7 Å². The number of alkyl halides is 2. The van der Waals surface area contributed by atoms with E-state index >= 15 is 0 Å². The van der Waals surface area contributed by atoms with Crippen LogP contribution in [0.3, 0.4) is 0 Å². The molecule has 1 fully saturated rings. The van der Waals surface area contributed by atoms with Crippen LogP contribution in [-0.4, -0.2) is 25.5 Å². The highest BCUT2D eigenvalue weighted by atomic mass is 19.3. The van der Waals surface area contributed by atoms with Crippen molar-refractivity contribution >= 4 is 11.6 Å². The first kappa shape index (κ1) is 17.4. The van der Waals surface area contributed by atoms with Gasteiger partial charge in [-0.25, -0.2) is 8.78 Å². The van der Waals surface area contributed by atoms with E-state index in [1.807, 2.05) is 30.3 Å². The number of halogens is 2. The molecule has 4 rings (SSSR count). The first-order chi connectivity index (χ1) is 13.1. The second kappa shape index (κ2) is 7.30. The van der Waals surface area contributed by atoms with Gasteiger partial charge in [-0.15, -0.1) is 0 Å². The van der Waals surface area contributed by atoms with Crippen molar-refractivity contribution in [1.82, 2.24) is 19.6 Å². The molecule has 2 heterocycles. The lowest BCUT2D eigenvalue weighted by Gasteiger charge is -2.06. The third kappa shape index (κ3) is 4.21. The molecule has 1 amide bonds. The van der Waals surface area contributed by atoms with Crippen LogP contribution < -0.4 is 5.32 Å². The van der Waals surface area contributed by atoms with Crippen molar-refractivity contribution in [2.75, 3.05) is 5.32 Å². The van der Waals surface area contributed by atoms with Gasteiger partial charge in [0.25, 0.3) is 6.43 Å². The Bertz CT molecular complexity index is 931. The van der Waals surface area contributed by atoms with Gasteiger partial charge in [-0.3, -0.25) is 14.2 Å². The van der Waals surface area contributed by atoms with E-state index in [0.29, 0.717) is 17.9 Å². The van der Waals surface area contributed by atoms with Gasteiger partial charge in [-0.05, 0) is 24.5 Å². The number of amides is 1. The molecule has 27 heavy (non-hydrogen) atoms. The minimum Gasteiger partial charge on any atom is -0.322 e. The number of hydrogen-bond acceptors (Lipinski definition) is 3. The Morgan fingerprint density at radius 1 is 1.26 bits per heavy atom. The standard InChI is InChI=1S/C19H19F2N5O/c20-19(21)16-8-17(14-6-7-14)26(24-16)12-18(27)23-15-9-22-25(11-15)10-13-4-2-1-3-5-13/h1-5,8-9,11,14,19H,6-7,10,12H2,(H,23,27). The summed E-state index contributed by atoms with van der Waals surface area (Å²) in [5, 5.41) is 10.9. The van der Waals surface area contributed by atoms with E-state index in [1.54, 1.807) is 17.1 Å². The Morgan fingerprint density at radius 3 is 2.74 bits per heavy atom. The van der Waals surface area contributed by atoms with E-state index in [9.17, 15) is 13.6 Å². The number of hydrogen-bond donors (Lipinski definition) is 1. The molecule has 3 aromatic rings. The van der Waals surface area contributed by atoms with Gasteiger partial charge in [-0.2, -0.15) is 10.2 Å². The quantitative estimate of drug-likeness (QED) is 0.690. The fourth-order valence-electron chi connectivity index (χ4n) is 3.01. The third-order valence-electron chi connectivity index (χ3n) is 4.45. The molecule has 1 aliphatic rings. The second-order valence-electron chi connectivity index (χ2n) is 6.69. The summed E-state index contributed by atoms with van der Waals surface area (Å²) in [5.74, 6) is -0.0912. The number of nitrogens with one attached hydrogen (secondary N) is 1. The zero-order valence-corrected chi connectivity index (χ0v) is 14.6. The van der Waals surface area contributed by atoms with Crippen molar-refractivity contribution in [1.29, 1.82) is 0 Å². The van der Waals surface area contributed by atoms with Gasteiger partial charge in [0.1, 0.15) is 12.2 Å². The lowest BCUT2D eigenvalue weighted by atomic mass is 10.2. The molecule has 0 radical (unpaired) electrons. The molecule has 1 aliphatic carbocycles. The highest BCUT2D eigenvalue weighted by Crippen LogP contribution is 2.41. The van der Waals surface area contributed by atoms with Gasteiger partial charge in [0.2, 0.25) is 5.91 Å². The molecule has 1 saturated carbocycles. The molecule has 0 saturated heterocycles. The zero-order valence-electron chi connectivity index (χ0n) is 14.6. The molecule has 8 heteroatoms. The molecule has 1 N–H and O–H groups in total. The van der Waals surface area contributed by atoms with Crippen LogP contribution in [0, 0.1) is 0 Å². The smallest absolute Gasteiger partial charge is 0.282 e. The summed E-state index contributed by atoms with van der Waals surface area (Å²) in [5.41, 5.74) is 2.09. The van der Waals surface area contributed by atoms with Crippen LogP contribution >= 0.6 is 0 Å². The molecule has 2 aromatic heterocycles. The number of nitrogens with zero attached hydrogens (tertiary/aromatic N) is 4. The Hall–Kier alpha value is -3.03. The molecule has 0 bridgehead atoms. The molecule has 6 nitrogen and oxygen atoms in total. The largest absolute Gasteiger partial charge is 0.322 e. The number of aromatic nitrogens is 4. The summed E-state index contributed by atoms with van der Waals surface area (Å²) in [6.45, 7) is 0.502. The predicted molar refractivity (Wildman–Crippen MR) is 95.6 cm³/mol. The lowest BCUT2D eigenvalue weighted by Crippen LogP contribution is -2.20. The van der Waals surface area contributed by atoms with Gasteiger partial charge in [0.15, 0.2) is 0 Å². The lowest BCUT2D eigenvalue weighted by molar-refractivity contribution is -0.117. The van der Waals surface area contributed by atoms with Crippen LogP contribution in [0.5, 0.6) is 0 Å². The van der Waals surface area contributed by atoms with E-state index in [0.717, 1.165) is 18.4 Å². The highest BCUT2D eigenvalue weighted by Gasteiger charge is 2.30. The molecule has 0 unspecified atom stereocenters. The van der Waals surface area contributed by atoms with Crippen molar-refractivity contribution < 1.29 is 13.6 Å². The minimum atomic E-state index is -2.64. The van der Waals surface area contributed by atoms with Crippen molar-refractivity contribution in [3.8, 4) is 0 Å². The maximum absolute atomic E-state index is 12.9. The Labute approximate surface area is 154 Å². The van der Waals surface area contributed by atoms with Crippen LogP contribution in [0.4, 0.5) is 14.5 Å². The first-order valence-corrected chi connectivity index (χ1v) is 8.80. The number of carbonyl (C=O) groups excluding carboxylic acids is 1. The van der Waals surface area contributed by atoms with E-state index in [2.05, 4.69) is 15.5 Å². The predicted octanol–water partition coefficient (Wildman–Crippen LogP) is 3.58. The Morgan fingerprint density at radius 2 is 2.04 bits per heavy atom. The Kier molecular flexibility index (Phi) is 4.70. The molecule has 140 valence electrons. The van der Waals surface area contributed by atoms with Gasteiger partial charge < -0.3 is 5.32 Å². The van der Waals surface area contributed by atoms with Crippen LogP contribution in [-0.2, 0) is 17.9 Å². The third-order valence-corrected chi connectivity index (χ3v) is 4.45. The van der Waals surface area contributed by atoms with Crippen LogP contribution in [0.1, 0.15) is 42.1 Å². The van der Waals surface area contributed by atoms with E-state index in [-0.39, 0.29) is 24.1 Å². The van der Waals surface area contributed by atoms with Gasteiger partial charge in [-0.1, -0.05) is 30.3 Å². The van der Waals surface area contributed by atoms with E-state index in [1.165, 1.54) is 10.7 Å². The van der Waals surface area contributed by atoms with Crippen molar-refractivity contribution in [2.45, 2.75) is 38.3 Å². The summed E-state index contributed by atoms with van der Waals surface area (Å²) in [6, 6.07) is 11.3. The van der Waals surface area contributed by atoms with Gasteiger partial charge >= 0.3 is 0 Å². The molecular weight excluding hydrogens is 352 g/mol. The fourth-order valence-corrected chi connectivity index (χ4v) is 3.01. The average molecular weight is 371 g/mol. The SMILES string of the molecule is O=C(Cn1nc(C(F)F)cc1C1CC1)Nc1cnn(Cc2ccccc2)c1. The summed E-state index contributed by atoms with van der Waals surface area (Å²) < 4.78 is 29.0. The first-order valence-electron chi connectivity index (χ1n) is 8.80. The van der Waals surface area contributed by atoms with E-state index < -0.39 is 6.43 Å². The van der Waals surface area contributed by atoms with E-state index in [4.69, 9.17) is 0 Å². The molecule has 1 aromatic carbocycles. The van der Waals surface area contributed by atoms with Crippen molar-refractivity contribution in [3.63, 3.8) is 0 Å². The maximum Gasteiger partial charge on any atom is 0.282 e. The second-order valence-corrected chi connectivity index (χ2v) is 6.69. The maximum atomic E-state index is 12.9. The normalized spacial score (nSPS) is 13.9. The molecular formula is C19H19F2N5O. The van der Waals surface area contributed by atoms with Crippen LogP contribution in [0.25, 0.3) is 0 Å². The number of carbonyl (C=O) groups is 1. The monoisotopic (exact) mass is 371 g/mol. The molecule has 0 spiro atoms. The van der Waals surface area contributed by atoms with Gasteiger partial charge in [0.05, 0.1) is 18.4 Å². The number of rotatable bonds is 7. The molecule has 0 atom stereocenters. The van der Waals surface area contributed by atoms with Crippen LogP contribution in [0.2, 0.25) is 0 Å². The number of anilines is 1. The molecule has 0 aliphatic heterocycles. The average Bonchev–Trinajstić information content (AvgIpc) is 3.26. The Balaban J connectivity index is 1.40. The highest BCUT2D eigenvalue weighted by molar-refractivity contribution is 5.90. The summed E-state index contributed by atoms with van der Waals surface area (Å²) >= 11 is 0. The number of benzene rings is 1. The summed E-state index contributed by atoms with van der Waals surface area (Å²) in [7, 11) is 0. The van der Waals surface area contributed by atoms with Gasteiger partial charge in [0, 0.05) is 17.8 Å². The fraction of sp³-hybridized carbons (Fsp3) is 0.316. The summed E-state index contributed by atoms with van der Waals surface area (Å²) in [4.78, 5) is 12.3. The summed E-state index contributed by atoms with van der Waals surface area (Å²) in [6.07, 6.45) is 2.56. The zero-order chi connectivity index (χ0) is 18.8. The topological polar surface area (TPSA) is 64.7 Å².